The van der Waals surface area contributed by atoms with Gasteiger partial charge in [0.15, 0.2) is 5.79 Å². The highest BCUT2D eigenvalue weighted by molar-refractivity contribution is 5.99. The quantitative estimate of drug-likeness (QED) is 0.0988. The van der Waals surface area contributed by atoms with E-state index in [0.29, 0.717) is 68.1 Å². The van der Waals surface area contributed by atoms with Gasteiger partial charge in [0.25, 0.3) is 5.91 Å². The van der Waals surface area contributed by atoms with Crippen LogP contribution < -0.4 is 4.74 Å². The molecular formula is C38H50FNO8. The standard InChI is InChI=1S/C38H50FNO8/c1-5-45-35(41)16-12-23-47-34-15-11-14-29(33(34)21-22-36(42)46-6-2)13-9-7-8-10-24-48-38(44)26-30(28-17-19-32(39)20-18-28)25-31(27-38)37(43)40(3)4/h11,14-15,17-20,25,27,44H,5-10,12-13,16,21-24,26H2,1-4H3. The Balaban J connectivity index is 1.54. The predicted octanol–water partition coefficient (Wildman–Crippen LogP) is 6.35. The minimum Gasteiger partial charge on any atom is -0.493 e. The van der Waals surface area contributed by atoms with E-state index in [1.54, 1.807) is 46.2 Å². The largest absolute Gasteiger partial charge is 0.493 e. The van der Waals surface area contributed by atoms with Gasteiger partial charge in [-0.2, -0.15) is 0 Å². The maximum absolute atomic E-state index is 13.5. The van der Waals surface area contributed by atoms with Gasteiger partial charge in [0.05, 0.1) is 26.4 Å². The van der Waals surface area contributed by atoms with E-state index in [2.05, 4.69) is 6.07 Å². The van der Waals surface area contributed by atoms with Gasteiger partial charge in [-0.05, 0) is 98.6 Å². The highest BCUT2D eigenvalue weighted by Crippen LogP contribution is 2.34. The van der Waals surface area contributed by atoms with Crippen molar-refractivity contribution in [3.63, 3.8) is 0 Å². The molecule has 9 nitrogen and oxygen atoms in total. The first kappa shape index (κ1) is 38.4. The second-order valence-electron chi connectivity index (χ2n) is 12.0. The summed E-state index contributed by atoms with van der Waals surface area (Å²) in [5, 5.41) is 11.4. The average molecular weight is 668 g/mol. The minimum atomic E-state index is -1.66. The van der Waals surface area contributed by atoms with Gasteiger partial charge in [-0.3, -0.25) is 14.4 Å². The molecule has 0 radical (unpaired) electrons. The van der Waals surface area contributed by atoms with E-state index in [1.807, 2.05) is 12.1 Å². The molecule has 1 N–H and O–H groups in total. The first-order valence-electron chi connectivity index (χ1n) is 16.9. The van der Waals surface area contributed by atoms with Crippen LogP contribution in [0.1, 0.15) is 81.9 Å². The molecule has 10 heteroatoms. The highest BCUT2D eigenvalue weighted by Gasteiger charge is 2.33. The lowest BCUT2D eigenvalue weighted by Gasteiger charge is -2.31. The summed E-state index contributed by atoms with van der Waals surface area (Å²) in [6.45, 7) is 4.90. The lowest BCUT2D eigenvalue weighted by molar-refractivity contribution is -0.164. The summed E-state index contributed by atoms with van der Waals surface area (Å²) in [6, 6.07) is 11.8. The molecule has 1 aliphatic carbocycles. The molecule has 1 amide bonds. The zero-order valence-electron chi connectivity index (χ0n) is 28.7. The molecule has 0 aliphatic heterocycles. The molecule has 2 aromatic rings. The number of carbonyl (C=O) groups excluding carboxylic acids is 3. The zero-order valence-corrected chi connectivity index (χ0v) is 28.7. The Labute approximate surface area is 283 Å². The Morgan fingerprint density at radius 1 is 0.854 bits per heavy atom. The second kappa shape index (κ2) is 19.7. The van der Waals surface area contributed by atoms with Gasteiger partial charge in [-0.15, -0.1) is 0 Å². The molecule has 0 spiro atoms. The van der Waals surface area contributed by atoms with E-state index >= 15 is 0 Å². The third-order valence-corrected chi connectivity index (χ3v) is 7.92. The molecule has 2 aromatic carbocycles. The van der Waals surface area contributed by atoms with Gasteiger partial charge in [-0.1, -0.05) is 37.1 Å². The Bertz CT molecular complexity index is 1420. The summed E-state index contributed by atoms with van der Waals surface area (Å²) >= 11 is 0. The lowest BCUT2D eigenvalue weighted by Crippen LogP contribution is -2.35. The van der Waals surface area contributed by atoms with E-state index in [0.717, 1.165) is 36.8 Å². The molecule has 262 valence electrons. The smallest absolute Gasteiger partial charge is 0.306 e. The zero-order chi connectivity index (χ0) is 34.9. The summed E-state index contributed by atoms with van der Waals surface area (Å²) in [4.78, 5) is 38.0. The van der Waals surface area contributed by atoms with E-state index in [4.69, 9.17) is 18.9 Å². The number of halogens is 1. The number of aliphatic hydroxyl groups is 1. The molecule has 1 atom stereocenters. The van der Waals surface area contributed by atoms with E-state index in [-0.39, 0.29) is 42.9 Å². The topological polar surface area (TPSA) is 112 Å². The van der Waals surface area contributed by atoms with Gasteiger partial charge in [0.2, 0.25) is 0 Å². The molecule has 0 saturated heterocycles. The minimum absolute atomic E-state index is 0.138. The van der Waals surface area contributed by atoms with Crippen LogP contribution >= 0.6 is 0 Å². The van der Waals surface area contributed by atoms with Crippen molar-refractivity contribution < 1.29 is 42.8 Å². The van der Waals surface area contributed by atoms with E-state index in [1.165, 1.54) is 23.1 Å². The van der Waals surface area contributed by atoms with Gasteiger partial charge in [0.1, 0.15) is 11.6 Å². The highest BCUT2D eigenvalue weighted by atomic mass is 19.1. The molecule has 0 saturated carbocycles. The first-order valence-corrected chi connectivity index (χ1v) is 16.9. The van der Waals surface area contributed by atoms with Crippen LogP contribution in [0.5, 0.6) is 5.75 Å². The summed E-state index contributed by atoms with van der Waals surface area (Å²) in [5.41, 5.74) is 3.80. The van der Waals surface area contributed by atoms with Crippen molar-refractivity contribution in [2.45, 2.75) is 83.8 Å². The predicted molar refractivity (Wildman–Crippen MR) is 182 cm³/mol. The number of unbranched alkanes of at least 4 members (excludes halogenated alkanes) is 3. The molecule has 0 bridgehead atoms. The molecule has 3 rings (SSSR count). The first-order chi connectivity index (χ1) is 23.0. The number of amides is 1. The SMILES string of the molecule is CCOC(=O)CCCOc1cccc(CCCCCCOC2(O)C=C(C(=O)N(C)C)C=C(c3ccc(F)cc3)C2)c1CCC(=O)OCC. The van der Waals surface area contributed by atoms with Crippen LogP contribution in [-0.2, 0) is 41.4 Å². The number of benzene rings is 2. The molecular weight excluding hydrogens is 617 g/mol. The van der Waals surface area contributed by atoms with Crippen molar-refractivity contribution in [2.24, 2.45) is 0 Å². The third kappa shape index (κ3) is 12.5. The number of ether oxygens (including phenoxy) is 4. The summed E-state index contributed by atoms with van der Waals surface area (Å²) in [7, 11) is 3.29. The van der Waals surface area contributed by atoms with Crippen molar-refractivity contribution in [3.8, 4) is 5.75 Å². The fraction of sp³-hybridized carbons (Fsp3) is 0.500. The monoisotopic (exact) mass is 667 g/mol. The molecule has 0 fully saturated rings. The van der Waals surface area contributed by atoms with Gasteiger partial charge < -0.3 is 29.0 Å². The second-order valence-corrected chi connectivity index (χ2v) is 12.0. The molecule has 0 aromatic heterocycles. The number of aryl methyl sites for hydroxylation is 1. The van der Waals surface area contributed by atoms with Gasteiger partial charge >= 0.3 is 11.9 Å². The number of carbonyl (C=O) groups is 3. The molecule has 48 heavy (non-hydrogen) atoms. The Morgan fingerprint density at radius 2 is 1.54 bits per heavy atom. The maximum atomic E-state index is 13.5. The van der Waals surface area contributed by atoms with Crippen LogP contribution in [0.4, 0.5) is 4.39 Å². The number of rotatable bonds is 20. The maximum Gasteiger partial charge on any atom is 0.306 e. The normalized spacial score (nSPS) is 15.7. The molecule has 1 aliphatic rings. The average Bonchev–Trinajstić information content (AvgIpc) is 3.05. The number of hydrogen-bond donors (Lipinski definition) is 1. The van der Waals surface area contributed by atoms with Gasteiger partial charge in [0, 0.05) is 38.9 Å². The van der Waals surface area contributed by atoms with Crippen LogP contribution in [0.25, 0.3) is 5.57 Å². The van der Waals surface area contributed by atoms with Crippen LogP contribution in [0.3, 0.4) is 0 Å². The lowest BCUT2D eigenvalue weighted by atomic mass is 9.89. The fourth-order valence-electron chi connectivity index (χ4n) is 5.55. The number of likely N-dealkylation sites (N-methyl/N-ethyl adjacent to an activating group) is 1. The van der Waals surface area contributed by atoms with E-state index < -0.39 is 5.79 Å². The van der Waals surface area contributed by atoms with Crippen molar-refractivity contribution >= 4 is 23.4 Å². The third-order valence-electron chi connectivity index (χ3n) is 7.92. The number of esters is 2. The summed E-state index contributed by atoms with van der Waals surface area (Å²) in [5.74, 6) is -2.08. The van der Waals surface area contributed by atoms with Crippen molar-refractivity contribution in [3.05, 3.63) is 82.7 Å². The van der Waals surface area contributed by atoms with Crippen molar-refractivity contribution in [1.82, 2.24) is 4.90 Å². The van der Waals surface area contributed by atoms with Crippen molar-refractivity contribution in [1.29, 1.82) is 0 Å². The number of hydrogen-bond acceptors (Lipinski definition) is 8. The summed E-state index contributed by atoms with van der Waals surface area (Å²) < 4.78 is 35.7. The molecule has 1 unspecified atom stereocenters. The number of nitrogens with zero attached hydrogens (tertiary/aromatic N) is 1. The fourth-order valence-corrected chi connectivity index (χ4v) is 5.55. The van der Waals surface area contributed by atoms with Crippen LogP contribution in [0.15, 0.2) is 60.2 Å². The van der Waals surface area contributed by atoms with Crippen LogP contribution in [0, 0.1) is 5.82 Å². The Morgan fingerprint density at radius 3 is 2.23 bits per heavy atom. The summed E-state index contributed by atoms with van der Waals surface area (Å²) in [6.07, 6.45) is 9.08. The van der Waals surface area contributed by atoms with Crippen LogP contribution in [-0.4, -0.2) is 74.2 Å². The Kier molecular flexibility index (Phi) is 15.8. The van der Waals surface area contributed by atoms with Crippen LogP contribution in [0.2, 0.25) is 0 Å². The Hall–Kier alpha value is -4.02. The van der Waals surface area contributed by atoms with Gasteiger partial charge in [-0.25, -0.2) is 4.39 Å². The molecule has 0 heterocycles. The van der Waals surface area contributed by atoms with E-state index in [9.17, 15) is 23.9 Å². The van der Waals surface area contributed by atoms with Crippen molar-refractivity contribution in [2.75, 3.05) is 40.5 Å².